The zero-order valence-electron chi connectivity index (χ0n) is 12.5. The molecular weight excluding hydrogens is 278 g/mol. The first-order valence-corrected chi connectivity index (χ1v) is 6.73. The summed E-state index contributed by atoms with van der Waals surface area (Å²) in [5.41, 5.74) is 3.44. The number of nitrogens with zero attached hydrogens (tertiary/aromatic N) is 1. The monoisotopic (exact) mass is 295 g/mol. The number of rotatable bonds is 5. The third kappa shape index (κ3) is 3.61. The predicted octanol–water partition coefficient (Wildman–Crippen LogP) is 3.87. The van der Waals surface area contributed by atoms with E-state index in [2.05, 4.69) is 11.6 Å². The van der Waals surface area contributed by atoms with Crippen molar-refractivity contribution in [2.45, 2.75) is 6.92 Å². The van der Waals surface area contributed by atoms with Gasteiger partial charge in [-0.05, 0) is 54.4 Å². The third-order valence-electron chi connectivity index (χ3n) is 3.28. The maximum Gasteiger partial charge on any atom is 0.335 e. The minimum absolute atomic E-state index is 0.255. The van der Waals surface area contributed by atoms with Crippen molar-refractivity contribution in [3.05, 3.63) is 71.8 Å². The van der Waals surface area contributed by atoms with Crippen molar-refractivity contribution in [1.29, 1.82) is 0 Å². The molecule has 0 spiro atoms. The lowest BCUT2D eigenvalue weighted by Crippen LogP contribution is -1.99. The molecule has 0 aromatic heterocycles. The van der Waals surface area contributed by atoms with Gasteiger partial charge in [-0.3, -0.25) is 4.99 Å². The van der Waals surface area contributed by atoms with Gasteiger partial charge in [0.25, 0.3) is 0 Å². The molecule has 0 saturated heterocycles. The molecular formula is C18H17NO3. The second kappa shape index (κ2) is 6.72. The van der Waals surface area contributed by atoms with Gasteiger partial charge in [0, 0.05) is 5.71 Å². The largest absolute Gasteiger partial charge is 0.497 e. The lowest BCUT2D eigenvalue weighted by atomic mass is 10.1. The molecule has 0 atom stereocenters. The molecule has 2 aromatic rings. The highest BCUT2D eigenvalue weighted by Crippen LogP contribution is 2.19. The molecule has 0 unspecified atom stereocenters. The molecule has 2 aromatic carbocycles. The quantitative estimate of drug-likeness (QED) is 0.852. The van der Waals surface area contributed by atoms with Crippen molar-refractivity contribution in [1.82, 2.24) is 0 Å². The van der Waals surface area contributed by atoms with Gasteiger partial charge in [0.15, 0.2) is 0 Å². The second-order valence-corrected chi connectivity index (χ2v) is 4.75. The van der Waals surface area contributed by atoms with E-state index in [1.807, 2.05) is 31.2 Å². The summed E-state index contributed by atoms with van der Waals surface area (Å²) < 4.78 is 5.12. The third-order valence-corrected chi connectivity index (χ3v) is 3.28. The summed E-state index contributed by atoms with van der Waals surface area (Å²) in [6.45, 7) is 5.83. The Morgan fingerprint density at radius 1 is 1.00 bits per heavy atom. The number of aromatic carboxylic acids is 1. The van der Waals surface area contributed by atoms with Crippen LogP contribution in [0.1, 0.15) is 28.4 Å². The van der Waals surface area contributed by atoms with Crippen LogP contribution in [0.25, 0.3) is 5.70 Å². The maximum absolute atomic E-state index is 10.8. The first-order valence-electron chi connectivity index (χ1n) is 6.73. The zero-order valence-corrected chi connectivity index (χ0v) is 12.5. The Morgan fingerprint density at radius 3 is 2.00 bits per heavy atom. The van der Waals surface area contributed by atoms with Gasteiger partial charge < -0.3 is 9.84 Å². The highest BCUT2D eigenvalue weighted by molar-refractivity contribution is 6.02. The molecule has 0 fully saturated rings. The average Bonchev–Trinajstić information content (AvgIpc) is 2.54. The van der Waals surface area contributed by atoms with Crippen LogP contribution in [-0.2, 0) is 0 Å². The summed E-state index contributed by atoms with van der Waals surface area (Å²) in [6.07, 6.45) is 0. The summed E-state index contributed by atoms with van der Waals surface area (Å²) in [6, 6.07) is 14.1. The lowest BCUT2D eigenvalue weighted by molar-refractivity contribution is 0.0697. The van der Waals surface area contributed by atoms with Gasteiger partial charge in [-0.2, -0.15) is 0 Å². The Kier molecular flexibility index (Phi) is 4.73. The molecule has 2 rings (SSSR count). The highest BCUT2D eigenvalue weighted by Gasteiger charge is 2.04. The van der Waals surface area contributed by atoms with Crippen molar-refractivity contribution in [3.8, 4) is 5.75 Å². The maximum atomic E-state index is 10.8. The van der Waals surface area contributed by atoms with E-state index in [-0.39, 0.29) is 5.56 Å². The molecule has 0 radical (unpaired) electrons. The van der Waals surface area contributed by atoms with Crippen LogP contribution < -0.4 is 4.74 Å². The van der Waals surface area contributed by atoms with E-state index in [4.69, 9.17) is 9.84 Å². The van der Waals surface area contributed by atoms with E-state index in [1.54, 1.807) is 31.4 Å². The van der Waals surface area contributed by atoms with Crippen molar-refractivity contribution < 1.29 is 14.6 Å². The van der Waals surface area contributed by atoms with Crippen LogP contribution >= 0.6 is 0 Å². The van der Waals surface area contributed by atoms with Gasteiger partial charge in [0.1, 0.15) is 5.75 Å². The normalized spacial score (nSPS) is 11.1. The van der Waals surface area contributed by atoms with E-state index in [9.17, 15) is 4.79 Å². The number of carboxylic acids is 1. The Balaban J connectivity index is 2.19. The molecule has 1 N–H and O–H groups in total. The number of methoxy groups -OCH3 is 1. The Morgan fingerprint density at radius 2 is 1.50 bits per heavy atom. The van der Waals surface area contributed by atoms with Crippen LogP contribution in [0.3, 0.4) is 0 Å². The molecule has 0 bridgehead atoms. The van der Waals surface area contributed by atoms with Crippen LogP contribution in [-0.4, -0.2) is 23.9 Å². The van der Waals surface area contributed by atoms with Crippen molar-refractivity contribution >= 4 is 17.4 Å². The summed E-state index contributed by atoms with van der Waals surface area (Å²) in [7, 11) is 1.62. The van der Waals surface area contributed by atoms with Crippen LogP contribution in [0.4, 0.5) is 0 Å². The number of aliphatic imine (C=N–C) groups is 1. The van der Waals surface area contributed by atoms with Crippen LogP contribution in [0.15, 0.2) is 60.1 Å². The number of ether oxygens (including phenoxy) is 1. The molecule has 112 valence electrons. The summed E-state index contributed by atoms with van der Waals surface area (Å²) in [5.74, 6) is -0.162. The summed E-state index contributed by atoms with van der Waals surface area (Å²) in [4.78, 5) is 15.3. The average molecular weight is 295 g/mol. The molecule has 0 aliphatic heterocycles. The fourth-order valence-electron chi connectivity index (χ4n) is 1.97. The van der Waals surface area contributed by atoms with Crippen LogP contribution in [0, 0.1) is 0 Å². The van der Waals surface area contributed by atoms with E-state index < -0.39 is 5.97 Å². The minimum atomic E-state index is -0.941. The molecule has 0 aliphatic rings. The Hall–Kier alpha value is -2.88. The molecule has 0 aliphatic carbocycles. The number of hydrogen-bond donors (Lipinski definition) is 1. The number of benzene rings is 2. The zero-order chi connectivity index (χ0) is 16.1. The van der Waals surface area contributed by atoms with E-state index >= 15 is 0 Å². The minimum Gasteiger partial charge on any atom is -0.497 e. The van der Waals surface area contributed by atoms with E-state index in [0.29, 0.717) is 5.70 Å². The topological polar surface area (TPSA) is 58.9 Å². The van der Waals surface area contributed by atoms with E-state index in [0.717, 1.165) is 22.6 Å². The summed E-state index contributed by atoms with van der Waals surface area (Å²) >= 11 is 0. The molecule has 0 saturated carbocycles. The first-order chi connectivity index (χ1) is 10.5. The Bertz CT molecular complexity index is 713. The molecule has 0 heterocycles. The van der Waals surface area contributed by atoms with E-state index in [1.165, 1.54) is 0 Å². The summed E-state index contributed by atoms with van der Waals surface area (Å²) in [5, 5.41) is 8.90. The number of carbonyl (C=O) groups is 1. The van der Waals surface area contributed by atoms with Gasteiger partial charge in [0.05, 0.1) is 18.4 Å². The van der Waals surface area contributed by atoms with Crippen LogP contribution in [0.2, 0.25) is 0 Å². The second-order valence-electron chi connectivity index (χ2n) is 4.75. The van der Waals surface area contributed by atoms with Crippen molar-refractivity contribution in [2.24, 2.45) is 4.99 Å². The van der Waals surface area contributed by atoms with Crippen molar-refractivity contribution in [3.63, 3.8) is 0 Å². The molecule has 4 heteroatoms. The fraction of sp³-hybridized carbons (Fsp3) is 0.111. The molecule has 0 amide bonds. The van der Waals surface area contributed by atoms with Gasteiger partial charge in [-0.25, -0.2) is 4.79 Å². The fourth-order valence-corrected chi connectivity index (χ4v) is 1.97. The number of hydrogen-bond acceptors (Lipinski definition) is 3. The predicted molar refractivity (Wildman–Crippen MR) is 87.6 cm³/mol. The molecule has 22 heavy (non-hydrogen) atoms. The van der Waals surface area contributed by atoms with Gasteiger partial charge >= 0.3 is 5.97 Å². The van der Waals surface area contributed by atoms with Crippen LogP contribution in [0.5, 0.6) is 5.75 Å². The Labute approximate surface area is 129 Å². The van der Waals surface area contributed by atoms with Crippen molar-refractivity contribution in [2.75, 3.05) is 7.11 Å². The number of carboxylic acid groups (broad SMARTS) is 1. The standard InChI is InChI=1S/C18H17NO3/c1-12(14-4-6-16(7-5-14)18(20)21)19-13(2)15-8-10-17(22-3)11-9-15/h4-11H,2H2,1,3H3,(H,20,21)/b19-12+. The smallest absolute Gasteiger partial charge is 0.335 e. The van der Waals surface area contributed by atoms with Gasteiger partial charge in [-0.15, -0.1) is 0 Å². The molecule has 4 nitrogen and oxygen atoms in total. The van der Waals surface area contributed by atoms with Gasteiger partial charge in [0.2, 0.25) is 0 Å². The SMILES string of the molecule is C=C(/N=C(\C)c1ccc(C(=O)O)cc1)c1ccc(OC)cc1. The lowest BCUT2D eigenvalue weighted by Gasteiger charge is -2.06. The first kappa shape index (κ1) is 15.5. The van der Waals surface area contributed by atoms with Gasteiger partial charge in [-0.1, -0.05) is 18.7 Å². The highest BCUT2D eigenvalue weighted by atomic mass is 16.5.